The second-order valence-corrected chi connectivity index (χ2v) is 8.84. The van der Waals surface area contributed by atoms with Crippen LogP contribution < -0.4 is 24.4 Å². The first kappa shape index (κ1) is 21.5. The van der Waals surface area contributed by atoms with Crippen LogP contribution in [-0.4, -0.2) is 24.4 Å². The van der Waals surface area contributed by atoms with E-state index in [1.54, 1.807) is 22.8 Å². The summed E-state index contributed by atoms with van der Waals surface area (Å²) in [4.78, 5) is 31.6. The first-order valence-electron chi connectivity index (χ1n) is 10.3. The molecular formula is C24H19ClN2O5S. The third-order valence-corrected chi connectivity index (χ3v) is 6.85. The smallest absolute Gasteiger partial charge is 0.338 e. The molecule has 0 N–H and O–H groups in total. The Hall–Kier alpha value is -3.36. The van der Waals surface area contributed by atoms with Gasteiger partial charge in [0.2, 0.25) is 6.79 Å². The van der Waals surface area contributed by atoms with Crippen molar-refractivity contribution in [1.82, 2.24) is 4.57 Å². The van der Waals surface area contributed by atoms with Gasteiger partial charge in [-0.15, -0.1) is 0 Å². The summed E-state index contributed by atoms with van der Waals surface area (Å²) in [5.74, 6) is 0.636. The maximum Gasteiger partial charge on any atom is 0.338 e. The highest BCUT2D eigenvalue weighted by atomic mass is 35.5. The number of rotatable bonds is 4. The third-order valence-electron chi connectivity index (χ3n) is 5.54. The van der Waals surface area contributed by atoms with E-state index in [1.165, 1.54) is 18.4 Å². The highest BCUT2D eigenvalue weighted by Gasteiger charge is 2.33. The molecule has 0 radical (unpaired) electrons. The highest BCUT2D eigenvalue weighted by molar-refractivity contribution is 7.07. The predicted octanol–water partition coefficient (Wildman–Crippen LogP) is 3.18. The van der Waals surface area contributed by atoms with Gasteiger partial charge in [-0.05, 0) is 29.7 Å². The Labute approximate surface area is 197 Å². The van der Waals surface area contributed by atoms with Crippen LogP contribution in [0.4, 0.5) is 0 Å². The zero-order valence-corrected chi connectivity index (χ0v) is 19.4. The average Bonchev–Trinajstić information content (AvgIpc) is 3.41. The van der Waals surface area contributed by atoms with Gasteiger partial charge in [-0.1, -0.05) is 60.2 Å². The standard InChI is InChI=1S/C24H19ClN2O5S/c1-3-16-20(23(29)30-2)21(13-7-5-4-6-8-13)27-22(28)19(33-24(27)26-16)10-14-9-17-18(11-15(14)25)32-12-31-17/h4-11,21H,3,12H2,1-2H3/b19-10+/t21-/m0/s1. The molecule has 2 aliphatic rings. The Bertz CT molecular complexity index is 1470. The van der Waals surface area contributed by atoms with E-state index in [9.17, 15) is 9.59 Å². The van der Waals surface area contributed by atoms with Crippen LogP contribution in [0, 0.1) is 0 Å². The van der Waals surface area contributed by atoms with Gasteiger partial charge in [-0.25, -0.2) is 9.79 Å². The van der Waals surface area contributed by atoms with Crippen molar-refractivity contribution >= 4 is 35.0 Å². The fourth-order valence-corrected chi connectivity index (χ4v) is 5.22. The highest BCUT2D eigenvalue weighted by Crippen LogP contribution is 2.37. The molecule has 1 aromatic heterocycles. The number of thiazole rings is 1. The lowest BCUT2D eigenvalue weighted by Crippen LogP contribution is -2.40. The fourth-order valence-electron chi connectivity index (χ4n) is 4.00. The molecular weight excluding hydrogens is 464 g/mol. The molecule has 33 heavy (non-hydrogen) atoms. The van der Waals surface area contributed by atoms with Crippen LogP contribution >= 0.6 is 22.9 Å². The summed E-state index contributed by atoms with van der Waals surface area (Å²) in [6, 6.07) is 12.2. The van der Waals surface area contributed by atoms with Crippen LogP contribution in [0.25, 0.3) is 6.08 Å². The van der Waals surface area contributed by atoms with Crippen LogP contribution in [0.1, 0.15) is 30.5 Å². The van der Waals surface area contributed by atoms with Crippen molar-refractivity contribution in [3.8, 4) is 11.5 Å². The molecule has 0 saturated carbocycles. The van der Waals surface area contributed by atoms with Crippen molar-refractivity contribution in [1.29, 1.82) is 0 Å². The lowest BCUT2D eigenvalue weighted by molar-refractivity contribution is -0.136. The van der Waals surface area contributed by atoms with E-state index >= 15 is 0 Å². The molecule has 0 bridgehead atoms. The Morgan fingerprint density at radius 2 is 2.00 bits per heavy atom. The summed E-state index contributed by atoms with van der Waals surface area (Å²) < 4.78 is 17.9. The molecule has 1 atom stereocenters. The molecule has 9 heteroatoms. The molecule has 0 fully saturated rings. The number of esters is 1. The number of benzene rings is 2. The van der Waals surface area contributed by atoms with Crippen molar-refractivity contribution in [2.75, 3.05) is 13.9 Å². The number of methoxy groups -OCH3 is 1. The third kappa shape index (κ3) is 3.65. The van der Waals surface area contributed by atoms with Gasteiger partial charge in [0.15, 0.2) is 16.3 Å². The van der Waals surface area contributed by atoms with E-state index in [-0.39, 0.29) is 12.4 Å². The first-order chi connectivity index (χ1) is 16.0. The number of carbonyl (C=O) groups excluding carboxylic acids is 1. The van der Waals surface area contributed by atoms with Gasteiger partial charge in [0, 0.05) is 6.07 Å². The SMILES string of the molecule is CCC1=C(C(=O)OC)[C@H](c2ccccc2)n2c(s/c(=C/c3cc4c(cc3Cl)OCO4)c2=O)=N1. The minimum Gasteiger partial charge on any atom is -0.466 e. The van der Waals surface area contributed by atoms with E-state index in [1.807, 2.05) is 37.3 Å². The molecule has 0 unspecified atom stereocenters. The van der Waals surface area contributed by atoms with E-state index in [2.05, 4.69) is 4.99 Å². The number of allylic oxidation sites excluding steroid dienone is 1. The molecule has 3 aromatic rings. The summed E-state index contributed by atoms with van der Waals surface area (Å²) >= 11 is 7.68. The molecule has 0 spiro atoms. The first-order valence-corrected chi connectivity index (χ1v) is 11.5. The van der Waals surface area contributed by atoms with Crippen molar-refractivity contribution in [3.05, 3.63) is 89.6 Å². The number of fused-ring (bicyclic) bond motifs is 2. The lowest BCUT2D eigenvalue weighted by atomic mass is 9.95. The normalized spacial score (nSPS) is 17.1. The topological polar surface area (TPSA) is 79.1 Å². The summed E-state index contributed by atoms with van der Waals surface area (Å²) in [5.41, 5.74) is 2.13. The Kier molecular flexibility index (Phi) is 5.55. The van der Waals surface area contributed by atoms with Gasteiger partial charge < -0.3 is 14.2 Å². The number of aromatic nitrogens is 1. The van der Waals surface area contributed by atoms with Gasteiger partial charge in [0.05, 0.1) is 34.0 Å². The number of halogens is 1. The lowest BCUT2D eigenvalue weighted by Gasteiger charge is -2.25. The van der Waals surface area contributed by atoms with Crippen LogP contribution in [0.2, 0.25) is 5.02 Å². The molecule has 7 nitrogen and oxygen atoms in total. The summed E-state index contributed by atoms with van der Waals surface area (Å²) in [7, 11) is 1.33. The minimum absolute atomic E-state index is 0.129. The Morgan fingerprint density at radius 1 is 1.27 bits per heavy atom. The van der Waals surface area contributed by atoms with Crippen molar-refractivity contribution < 1.29 is 19.0 Å². The minimum atomic E-state index is -0.640. The average molecular weight is 483 g/mol. The van der Waals surface area contributed by atoms with Crippen molar-refractivity contribution in [3.63, 3.8) is 0 Å². The predicted molar refractivity (Wildman–Crippen MR) is 124 cm³/mol. The van der Waals surface area contributed by atoms with E-state index < -0.39 is 12.0 Å². The van der Waals surface area contributed by atoms with Crippen LogP contribution in [-0.2, 0) is 9.53 Å². The zero-order valence-electron chi connectivity index (χ0n) is 17.8. The summed E-state index contributed by atoms with van der Waals surface area (Å²) in [6.45, 7) is 2.05. The maximum absolute atomic E-state index is 13.6. The maximum atomic E-state index is 13.6. The van der Waals surface area contributed by atoms with E-state index in [4.69, 9.17) is 25.8 Å². The molecule has 2 aliphatic heterocycles. The number of nitrogens with zero attached hydrogens (tertiary/aromatic N) is 2. The molecule has 2 aromatic carbocycles. The van der Waals surface area contributed by atoms with Gasteiger partial charge >= 0.3 is 5.97 Å². The Morgan fingerprint density at radius 3 is 2.70 bits per heavy atom. The quantitative estimate of drug-likeness (QED) is 0.534. The van der Waals surface area contributed by atoms with Crippen LogP contribution in [0.5, 0.6) is 11.5 Å². The number of carbonyl (C=O) groups is 1. The van der Waals surface area contributed by atoms with Crippen LogP contribution in [0.3, 0.4) is 0 Å². The van der Waals surface area contributed by atoms with E-state index in [0.717, 1.165) is 5.56 Å². The van der Waals surface area contributed by atoms with Crippen LogP contribution in [0.15, 0.2) is 63.5 Å². The van der Waals surface area contributed by atoms with Gasteiger partial charge in [-0.2, -0.15) is 0 Å². The number of hydrogen-bond donors (Lipinski definition) is 0. The summed E-state index contributed by atoms with van der Waals surface area (Å²) in [5, 5.41) is 0.439. The number of hydrogen-bond acceptors (Lipinski definition) is 7. The van der Waals surface area contributed by atoms with Crippen molar-refractivity contribution in [2.45, 2.75) is 19.4 Å². The second kappa shape index (κ2) is 8.53. The monoisotopic (exact) mass is 482 g/mol. The van der Waals surface area contributed by atoms with Gasteiger partial charge in [-0.3, -0.25) is 9.36 Å². The molecule has 0 saturated heterocycles. The van der Waals surface area contributed by atoms with Gasteiger partial charge in [0.1, 0.15) is 0 Å². The molecule has 0 aliphatic carbocycles. The molecule has 0 amide bonds. The summed E-state index contributed by atoms with van der Waals surface area (Å²) in [6.07, 6.45) is 2.23. The fraction of sp³-hybridized carbons (Fsp3) is 0.208. The number of ether oxygens (including phenoxy) is 3. The zero-order chi connectivity index (χ0) is 23.1. The van der Waals surface area contributed by atoms with Crippen molar-refractivity contribution in [2.24, 2.45) is 4.99 Å². The Balaban J connectivity index is 1.75. The molecule has 3 heterocycles. The molecule has 5 rings (SSSR count). The largest absolute Gasteiger partial charge is 0.466 e. The van der Waals surface area contributed by atoms with Gasteiger partial charge in [0.25, 0.3) is 5.56 Å². The second-order valence-electron chi connectivity index (χ2n) is 7.43. The molecule has 168 valence electrons. The van der Waals surface area contributed by atoms with E-state index in [0.29, 0.717) is 49.1 Å².